The van der Waals surface area contributed by atoms with Gasteiger partial charge in [-0.25, -0.2) is 13.6 Å². The number of alkyl carbamates (subject to hydrolysis) is 1. The SMILES string of the molecule is CCNC(=NCCCNC(=O)OC(C)(C)C)NCCc1cc(F)cc(F)c1.I. The van der Waals surface area contributed by atoms with Crippen LogP contribution in [-0.4, -0.2) is 43.8 Å². The molecular formula is C19H31F2IN4O2. The maximum atomic E-state index is 13.2. The Morgan fingerprint density at radius 2 is 1.71 bits per heavy atom. The van der Waals surface area contributed by atoms with Crippen molar-refractivity contribution in [2.45, 2.75) is 46.1 Å². The van der Waals surface area contributed by atoms with Crippen LogP contribution in [0.25, 0.3) is 0 Å². The van der Waals surface area contributed by atoms with Crippen LogP contribution in [0.5, 0.6) is 0 Å². The first-order valence-corrected chi connectivity index (χ1v) is 9.13. The highest BCUT2D eigenvalue weighted by Gasteiger charge is 2.15. The van der Waals surface area contributed by atoms with E-state index in [1.165, 1.54) is 12.1 Å². The minimum atomic E-state index is -0.580. The van der Waals surface area contributed by atoms with Crippen LogP contribution < -0.4 is 16.0 Å². The number of hydrogen-bond donors (Lipinski definition) is 3. The summed E-state index contributed by atoms with van der Waals surface area (Å²) in [5.41, 5.74) is 0.0620. The molecule has 28 heavy (non-hydrogen) atoms. The average molecular weight is 512 g/mol. The van der Waals surface area contributed by atoms with E-state index in [2.05, 4.69) is 20.9 Å². The van der Waals surface area contributed by atoms with Crippen LogP contribution in [0.15, 0.2) is 23.2 Å². The zero-order chi connectivity index (χ0) is 20.3. The lowest BCUT2D eigenvalue weighted by Gasteiger charge is -2.19. The maximum Gasteiger partial charge on any atom is 0.407 e. The standard InChI is InChI=1S/C19H30F2N4O2.HI/c1-5-22-17(23-8-6-9-25-18(26)27-19(2,3)4)24-10-7-14-11-15(20)13-16(21)12-14;/h11-13H,5-10H2,1-4H3,(H,25,26)(H2,22,23,24);1H. The molecule has 0 aromatic heterocycles. The minimum absolute atomic E-state index is 0. The van der Waals surface area contributed by atoms with E-state index in [1.807, 2.05) is 27.7 Å². The molecule has 1 rings (SSSR count). The van der Waals surface area contributed by atoms with Gasteiger partial charge >= 0.3 is 6.09 Å². The highest BCUT2D eigenvalue weighted by molar-refractivity contribution is 14.0. The van der Waals surface area contributed by atoms with Gasteiger partial charge in [-0.15, -0.1) is 24.0 Å². The number of nitrogens with one attached hydrogen (secondary N) is 3. The molecule has 0 bridgehead atoms. The predicted octanol–water partition coefficient (Wildman–Crippen LogP) is 3.60. The average Bonchev–Trinajstić information content (AvgIpc) is 2.51. The van der Waals surface area contributed by atoms with Gasteiger partial charge in [0.15, 0.2) is 5.96 Å². The molecular weight excluding hydrogens is 481 g/mol. The molecule has 0 spiro atoms. The Labute approximate surface area is 182 Å². The number of benzene rings is 1. The number of amides is 1. The Morgan fingerprint density at radius 1 is 1.07 bits per heavy atom. The van der Waals surface area contributed by atoms with Crippen molar-refractivity contribution < 1.29 is 18.3 Å². The quantitative estimate of drug-likeness (QED) is 0.216. The van der Waals surface area contributed by atoms with Crippen molar-refractivity contribution in [3.05, 3.63) is 35.4 Å². The van der Waals surface area contributed by atoms with Crippen LogP contribution in [0, 0.1) is 11.6 Å². The molecule has 1 aromatic rings. The molecule has 0 aliphatic rings. The van der Waals surface area contributed by atoms with Gasteiger partial charge in [-0.05, 0) is 58.2 Å². The van der Waals surface area contributed by atoms with E-state index >= 15 is 0 Å². The largest absolute Gasteiger partial charge is 0.444 e. The van der Waals surface area contributed by atoms with E-state index in [4.69, 9.17) is 4.74 Å². The molecule has 9 heteroatoms. The summed E-state index contributed by atoms with van der Waals surface area (Å²) >= 11 is 0. The first-order chi connectivity index (χ1) is 12.7. The second-order valence-corrected chi connectivity index (χ2v) is 7.00. The summed E-state index contributed by atoms with van der Waals surface area (Å²) in [4.78, 5) is 15.9. The second kappa shape index (κ2) is 13.5. The molecule has 1 amide bonds. The van der Waals surface area contributed by atoms with Crippen LogP contribution in [0.4, 0.5) is 13.6 Å². The van der Waals surface area contributed by atoms with E-state index < -0.39 is 23.3 Å². The van der Waals surface area contributed by atoms with Gasteiger partial charge in [0, 0.05) is 32.2 Å². The number of hydrogen-bond acceptors (Lipinski definition) is 3. The lowest BCUT2D eigenvalue weighted by atomic mass is 10.1. The molecule has 1 aromatic carbocycles. The summed E-state index contributed by atoms with van der Waals surface area (Å²) in [6, 6.07) is 3.49. The van der Waals surface area contributed by atoms with Gasteiger partial charge in [0.25, 0.3) is 0 Å². The van der Waals surface area contributed by atoms with E-state index in [0.717, 1.165) is 6.07 Å². The molecule has 0 fully saturated rings. The highest BCUT2D eigenvalue weighted by atomic mass is 127. The Bertz CT molecular complexity index is 617. The highest BCUT2D eigenvalue weighted by Crippen LogP contribution is 2.08. The van der Waals surface area contributed by atoms with Crippen molar-refractivity contribution >= 4 is 36.0 Å². The maximum absolute atomic E-state index is 13.2. The van der Waals surface area contributed by atoms with Gasteiger partial charge in [0.05, 0.1) is 0 Å². The molecule has 0 atom stereocenters. The van der Waals surface area contributed by atoms with Gasteiger partial charge in [-0.2, -0.15) is 0 Å². The summed E-state index contributed by atoms with van der Waals surface area (Å²) in [7, 11) is 0. The summed E-state index contributed by atoms with van der Waals surface area (Å²) in [5.74, 6) is -0.544. The normalized spacial score (nSPS) is 11.4. The molecule has 3 N–H and O–H groups in total. The van der Waals surface area contributed by atoms with Gasteiger partial charge in [-0.1, -0.05) is 0 Å². The van der Waals surface area contributed by atoms with Crippen LogP contribution >= 0.6 is 24.0 Å². The monoisotopic (exact) mass is 512 g/mol. The molecule has 0 aliphatic heterocycles. The fourth-order valence-corrected chi connectivity index (χ4v) is 2.20. The Kier molecular flexibility index (Phi) is 12.7. The van der Waals surface area contributed by atoms with Gasteiger partial charge in [-0.3, -0.25) is 4.99 Å². The molecule has 0 heterocycles. The molecule has 0 saturated heterocycles. The number of aliphatic imine (C=N–C) groups is 1. The van der Waals surface area contributed by atoms with E-state index in [9.17, 15) is 13.6 Å². The number of rotatable bonds is 8. The number of halogens is 3. The van der Waals surface area contributed by atoms with Crippen molar-refractivity contribution in [3.8, 4) is 0 Å². The third-order valence-electron chi connectivity index (χ3n) is 3.25. The smallest absolute Gasteiger partial charge is 0.407 e. The number of carbonyl (C=O) groups excluding carboxylic acids is 1. The minimum Gasteiger partial charge on any atom is -0.444 e. The summed E-state index contributed by atoms with van der Waals surface area (Å²) in [6.07, 6.45) is 0.684. The number of guanidine groups is 1. The molecule has 0 aliphatic carbocycles. The number of nitrogens with zero attached hydrogens (tertiary/aromatic N) is 1. The zero-order valence-corrected chi connectivity index (χ0v) is 19.2. The molecule has 6 nitrogen and oxygen atoms in total. The molecule has 0 radical (unpaired) electrons. The molecule has 0 saturated carbocycles. The van der Waals surface area contributed by atoms with E-state index in [0.29, 0.717) is 50.5 Å². The van der Waals surface area contributed by atoms with Gasteiger partial charge in [0.2, 0.25) is 0 Å². The van der Waals surface area contributed by atoms with Gasteiger partial charge < -0.3 is 20.7 Å². The van der Waals surface area contributed by atoms with Crippen molar-refractivity contribution in [2.24, 2.45) is 4.99 Å². The summed E-state index contributed by atoms with van der Waals surface area (Å²) < 4.78 is 31.5. The molecule has 160 valence electrons. The topological polar surface area (TPSA) is 74.8 Å². The van der Waals surface area contributed by atoms with E-state index in [-0.39, 0.29) is 24.0 Å². The first kappa shape index (κ1) is 26.4. The number of carbonyl (C=O) groups is 1. The zero-order valence-electron chi connectivity index (χ0n) is 16.9. The number of ether oxygens (including phenoxy) is 1. The Balaban J connectivity index is 0.00000729. The lowest BCUT2D eigenvalue weighted by molar-refractivity contribution is 0.0527. The van der Waals surface area contributed by atoms with Crippen molar-refractivity contribution in [2.75, 3.05) is 26.2 Å². The first-order valence-electron chi connectivity index (χ1n) is 9.13. The predicted molar refractivity (Wildman–Crippen MR) is 118 cm³/mol. The van der Waals surface area contributed by atoms with Crippen molar-refractivity contribution in [3.63, 3.8) is 0 Å². The third-order valence-corrected chi connectivity index (χ3v) is 3.25. The van der Waals surface area contributed by atoms with Crippen LogP contribution in [0.2, 0.25) is 0 Å². The lowest BCUT2D eigenvalue weighted by Crippen LogP contribution is -2.38. The van der Waals surface area contributed by atoms with Crippen molar-refractivity contribution in [1.82, 2.24) is 16.0 Å². The fraction of sp³-hybridized carbons (Fsp3) is 0.579. The van der Waals surface area contributed by atoms with Crippen LogP contribution in [0.3, 0.4) is 0 Å². The van der Waals surface area contributed by atoms with Gasteiger partial charge in [0.1, 0.15) is 17.2 Å². The summed E-state index contributed by atoms with van der Waals surface area (Å²) in [5, 5.41) is 8.90. The third kappa shape index (κ3) is 12.7. The van der Waals surface area contributed by atoms with Crippen LogP contribution in [0.1, 0.15) is 39.7 Å². The van der Waals surface area contributed by atoms with E-state index in [1.54, 1.807) is 0 Å². The molecule has 0 unspecified atom stereocenters. The van der Waals surface area contributed by atoms with Crippen molar-refractivity contribution in [1.29, 1.82) is 0 Å². The summed E-state index contributed by atoms with van der Waals surface area (Å²) in [6.45, 7) is 9.53. The second-order valence-electron chi connectivity index (χ2n) is 7.00. The van der Waals surface area contributed by atoms with Crippen LogP contribution in [-0.2, 0) is 11.2 Å². The Hall–Kier alpha value is -1.65. The fourth-order valence-electron chi connectivity index (χ4n) is 2.20. The Morgan fingerprint density at radius 3 is 2.29 bits per heavy atom.